The fraction of sp³-hybridized carbons (Fsp3) is 0. The number of hydrogen-bond donors (Lipinski definition) is 0. The van der Waals surface area contributed by atoms with Gasteiger partial charge in [0.15, 0.2) is 0 Å². The molecule has 0 spiro atoms. The van der Waals surface area contributed by atoms with Gasteiger partial charge in [-0.1, -0.05) is 109 Å². The van der Waals surface area contributed by atoms with Crippen molar-refractivity contribution >= 4 is 71.3 Å². The maximum Gasteiger partial charge on any atom is 0.137 e. The molecular weight excluding hydrogens is 609 g/mol. The Labute approximate surface area is 290 Å². The summed E-state index contributed by atoms with van der Waals surface area (Å²) in [6.07, 6.45) is 1.94. The molecule has 0 N–H and O–H groups in total. The van der Waals surface area contributed by atoms with Crippen LogP contribution in [0.5, 0.6) is 0 Å². The second kappa shape index (κ2) is 11.5. The lowest BCUT2D eigenvalue weighted by Crippen LogP contribution is -2.09. The molecule has 3 nitrogen and oxygen atoms in total. The van der Waals surface area contributed by atoms with E-state index in [0.29, 0.717) is 6.04 Å². The van der Waals surface area contributed by atoms with E-state index in [1.165, 1.54) is 10.8 Å². The van der Waals surface area contributed by atoms with Crippen molar-refractivity contribution in [3.63, 3.8) is 0 Å². The summed E-state index contributed by atoms with van der Waals surface area (Å²) in [6, 6.07) is 59.7. The summed E-state index contributed by atoms with van der Waals surface area (Å²) in [7, 11) is 0. The molecule has 0 saturated carbocycles. The van der Waals surface area contributed by atoms with E-state index in [-0.39, 0.29) is 0 Å². The van der Waals surface area contributed by atoms with Crippen LogP contribution in [-0.2, 0) is 0 Å². The van der Waals surface area contributed by atoms with E-state index < -0.39 is 0 Å². The van der Waals surface area contributed by atoms with Gasteiger partial charge in [-0.05, 0) is 98.7 Å². The highest BCUT2D eigenvalue weighted by atomic mass is 16.3. The summed E-state index contributed by atoms with van der Waals surface area (Å²) in [5.41, 5.74) is 8.97. The summed E-state index contributed by atoms with van der Waals surface area (Å²) in [6.45, 7) is 0. The minimum absolute atomic E-state index is 0.536. The lowest BCUT2D eigenvalue weighted by Gasteiger charge is -2.26. The molecule has 234 valence electrons. The van der Waals surface area contributed by atoms with Crippen LogP contribution in [0.25, 0.3) is 76.6 Å². The predicted octanol–water partition coefficient (Wildman–Crippen LogP) is 13.2. The van der Waals surface area contributed by atoms with Crippen molar-refractivity contribution in [2.24, 2.45) is 0 Å². The molecule has 0 fully saturated rings. The monoisotopic (exact) mass is 639 g/mol. The molecule has 0 bridgehead atoms. The number of fused-ring (bicyclic) bond motifs is 6. The average Bonchev–Trinajstić information content (AvgIpc) is 3.54. The van der Waals surface area contributed by atoms with E-state index in [4.69, 9.17) is 10.8 Å². The Hall–Kier alpha value is -6.71. The number of aromatic nitrogens is 1. The summed E-state index contributed by atoms with van der Waals surface area (Å²) in [4.78, 5) is 7.04. The molecule has 0 amide bonds. The topological polar surface area (TPSA) is 29.3 Å². The molecule has 2 aromatic heterocycles. The van der Waals surface area contributed by atoms with Gasteiger partial charge in [-0.3, -0.25) is 4.98 Å². The van der Waals surface area contributed by atoms with Gasteiger partial charge in [-0.15, -0.1) is 0 Å². The summed E-state index contributed by atoms with van der Waals surface area (Å²) in [5, 5.41) is 8.90. The Morgan fingerprint density at radius 2 is 1.02 bits per heavy atom. The van der Waals surface area contributed by atoms with E-state index in [0.717, 1.165) is 82.9 Å². The van der Waals surface area contributed by atoms with Gasteiger partial charge >= 0.3 is 0 Å². The van der Waals surface area contributed by atoms with Crippen molar-refractivity contribution in [2.75, 3.05) is 4.90 Å². The minimum Gasteiger partial charge on any atom is -0.456 e. The van der Waals surface area contributed by atoms with Crippen LogP contribution in [0.3, 0.4) is 0 Å². The first-order chi connectivity index (χ1) is 25.1. The van der Waals surface area contributed by atoms with Crippen LogP contribution in [0.15, 0.2) is 187 Å². The van der Waals surface area contributed by atoms with Gasteiger partial charge in [0.05, 0.1) is 7.06 Å². The number of pyridine rings is 1. The Kier molecular flexibility index (Phi) is 6.25. The number of benzene rings is 8. The third kappa shape index (κ3) is 4.87. The lowest BCUT2D eigenvalue weighted by molar-refractivity contribution is 0.669. The fourth-order valence-electron chi connectivity index (χ4n) is 7.16. The lowest BCUT2D eigenvalue weighted by atomic mass is 10.0. The Bertz CT molecular complexity index is 2930. The van der Waals surface area contributed by atoms with Gasteiger partial charge in [0, 0.05) is 51.0 Å². The molecule has 50 heavy (non-hydrogen) atoms. The summed E-state index contributed by atoms with van der Waals surface area (Å²) >= 11 is 0. The molecule has 3 heteroatoms. The third-order valence-corrected chi connectivity index (χ3v) is 9.76. The quantitative estimate of drug-likeness (QED) is 0.188. The van der Waals surface area contributed by atoms with E-state index >= 15 is 0 Å². The van der Waals surface area contributed by atoms with Gasteiger partial charge in [0.25, 0.3) is 0 Å². The predicted molar refractivity (Wildman–Crippen MR) is 210 cm³/mol. The van der Waals surface area contributed by atoms with E-state index in [1.807, 2.05) is 24.4 Å². The van der Waals surface area contributed by atoms with Crippen LogP contribution in [0.2, 0.25) is 0 Å². The van der Waals surface area contributed by atoms with Crippen LogP contribution in [-0.4, -0.2) is 4.98 Å². The minimum atomic E-state index is 0.536. The highest BCUT2D eigenvalue weighted by molar-refractivity contribution is 6.11. The molecule has 2 heterocycles. The maximum atomic E-state index is 8.42. The molecular formula is C47H30N2O. The second-order valence-electron chi connectivity index (χ2n) is 12.8. The first-order valence-corrected chi connectivity index (χ1v) is 16.8. The van der Waals surface area contributed by atoms with E-state index in [9.17, 15) is 0 Å². The smallest absolute Gasteiger partial charge is 0.137 e. The zero-order valence-corrected chi connectivity index (χ0v) is 27.0. The number of anilines is 3. The van der Waals surface area contributed by atoms with Crippen molar-refractivity contribution in [3.05, 3.63) is 182 Å². The molecule has 8 aromatic carbocycles. The van der Waals surface area contributed by atoms with Gasteiger partial charge in [-0.2, -0.15) is 0 Å². The number of hydrogen-bond acceptors (Lipinski definition) is 3. The van der Waals surface area contributed by atoms with E-state index in [2.05, 4.69) is 157 Å². The van der Waals surface area contributed by atoms with Gasteiger partial charge in [-0.25, -0.2) is 0 Å². The molecule has 10 rings (SSSR count). The Morgan fingerprint density at radius 3 is 1.80 bits per heavy atom. The van der Waals surface area contributed by atoms with Crippen LogP contribution >= 0.6 is 0 Å². The van der Waals surface area contributed by atoms with Gasteiger partial charge in [0.1, 0.15) is 11.2 Å². The second-order valence-corrected chi connectivity index (χ2v) is 12.8. The Morgan fingerprint density at radius 1 is 0.420 bits per heavy atom. The van der Waals surface area contributed by atoms with Crippen molar-refractivity contribution in [2.45, 2.75) is 0 Å². The van der Waals surface area contributed by atoms with Crippen molar-refractivity contribution in [1.82, 2.24) is 4.98 Å². The van der Waals surface area contributed by atoms with Gasteiger partial charge in [0.2, 0.25) is 0 Å². The normalized spacial score (nSPS) is 11.9. The number of rotatable bonds is 5. The number of nitrogens with zero attached hydrogens (tertiary/aromatic N) is 2. The van der Waals surface area contributed by atoms with Crippen molar-refractivity contribution in [3.8, 4) is 22.4 Å². The molecule has 0 aliphatic heterocycles. The van der Waals surface area contributed by atoms with Crippen LogP contribution in [0.1, 0.15) is 1.37 Å². The summed E-state index contributed by atoms with van der Waals surface area (Å²) < 4.78 is 14.9. The van der Waals surface area contributed by atoms with Crippen LogP contribution < -0.4 is 4.90 Å². The molecule has 0 aliphatic carbocycles. The zero-order chi connectivity index (χ0) is 33.9. The van der Waals surface area contributed by atoms with Crippen LogP contribution in [0.4, 0.5) is 17.1 Å². The van der Waals surface area contributed by atoms with Crippen molar-refractivity contribution in [1.29, 1.82) is 0 Å². The highest BCUT2D eigenvalue weighted by Crippen LogP contribution is 2.40. The first kappa shape index (κ1) is 27.3. The van der Waals surface area contributed by atoms with E-state index in [1.54, 1.807) is 0 Å². The largest absolute Gasteiger partial charge is 0.456 e. The Balaban J connectivity index is 1.08. The molecule has 0 saturated heterocycles. The van der Waals surface area contributed by atoms with Crippen molar-refractivity contribution < 1.29 is 5.79 Å². The fourth-order valence-corrected chi connectivity index (χ4v) is 7.16. The SMILES string of the molecule is [2H]c1cccc2ccc(-c3ccc(N(c4ccc(-c5cc6ccccc6cn5)cc4)c4ccc5c(c4)oc4cc6ccccc6cc45)cc3)cc12. The highest BCUT2D eigenvalue weighted by Gasteiger charge is 2.17. The molecule has 0 unspecified atom stereocenters. The van der Waals surface area contributed by atoms with Gasteiger partial charge < -0.3 is 9.32 Å². The average molecular weight is 640 g/mol. The molecule has 0 radical (unpaired) electrons. The molecule has 0 atom stereocenters. The summed E-state index contributed by atoms with van der Waals surface area (Å²) in [5.74, 6) is 0. The number of furan rings is 1. The maximum absolute atomic E-state index is 8.42. The molecule has 0 aliphatic rings. The standard InChI is InChI=1S/C47H30N2O/c1-2-8-34-25-38(14-13-31(34)7-1)32-15-19-40(20-16-32)49(41-21-17-33(18-22-41)45-27-36-10-5-6-12-39(36)30-48-45)42-23-24-43-44-26-35-9-3-4-11-37(35)28-46(44)50-47(43)29-42/h1-30H/i8D. The molecule has 10 aromatic rings. The van der Waals surface area contributed by atoms with Crippen LogP contribution in [0, 0.1) is 0 Å². The zero-order valence-electron chi connectivity index (χ0n) is 28.0. The first-order valence-electron chi connectivity index (χ1n) is 17.3. The third-order valence-electron chi connectivity index (χ3n) is 9.76.